The lowest BCUT2D eigenvalue weighted by molar-refractivity contribution is 0.348. The largest absolute Gasteiger partial charge is 0.315 e. The van der Waals surface area contributed by atoms with Gasteiger partial charge in [-0.25, -0.2) is 8.42 Å². The van der Waals surface area contributed by atoms with Gasteiger partial charge < -0.3 is 5.32 Å². The smallest absolute Gasteiger partial charge is 0.214 e. The van der Waals surface area contributed by atoms with Crippen LogP contribution in [0.5, 0.6) is 0 Å². The zero-order valence-electron chi connectivity index (χ0n) is 9.28. The molecule has 0 aromatic carbocycles. The Bertz CT molecular complexity index is 305. The van der Waals surface area contributed by atoms with Crippen molar-refractivity contribution in [3.63, 3.8) is 0 Å². The van der Waals surface area contributed by atoms with Gasteiger partial charge in [-0.2, -0.15) is 4.31 Å². The highest BCUT2D eigenvalue weighted by atomic mass is 32.2. The second-order valence-electron chi connectivity index (χ2n) is 4.57. The Morgan fingerprint density at radius 1 is 1.33 bits per heavy atom. The van der Waals surface area contributed by atoms with Crippen LogP contribution in [0.15, 0.2) is 0 Å². The number of rotatable bonds is 5. The monoisotopic (exact) mass is 232 g/mol. The van der Waals surface area contributed by atoms with Crippen LogP contribution in [0.1, 0.15) is 26.2 Å². The van der Waals surface area contributed by atoms with Crippen molar-refractivity contribution in [1.82, 2.24) is 9.62 Å². The number of sulfonamides is 1. The lowest BCUT2D eigenvalue weighted by Crippen LogP contribution is -2.42. The van der Waals surface area contributed by atoms with Gasteiger partial charge in [0.05, 0.1) is 5.75 Å². The van der Waals surface area contributed by atoms with Gasteiger partial charge in [-0.3, -0.25) is 0 Å². The highest BCUT2D eigenvalue weighted by Gasteiger charge is 2.35. The van der Waals surface area contributed by atoms with E-state index in [-0.39, 0.29) is 6.04 Å². The minimum absolute atomic E-state index is 0.193. The number of nitrogens with zero attached hydrogens (tertiary/aromatic N) is 1. The normalized spacial score (nSPS) is 27.5. The van der Waals surface area contributed by atoms with Crippen molar-refractivity contribution in [2.75, 3.05) is 25.4 Å². The Morgan fingerprint density at radius 2 is 2.07 bits per heavy atom. The fourth-order valence-electron chi connectivity index (χ4n) is 2.25. The van der Waals surface area contributed by atoms with Crippen LogP contribution in [0.2, 0.25) is 0 Å². The molecule has 1 aliphatic carbocycles. The summed E-state index contributed by atoms with van der Waals surface area (Å²) in [4.78, 5) is 0. The molecule has 88 valence electrons. The lowest BCUT2D eigenvalue weighted by Gasteiger charge is -2.26. The summed E-state index contributed by atoms with van der Waals surface area (Å²) in [5, 5.41) is 3.22. The van der Waals surface area contributed by atoms with E-state index in [2.05, 4.69) is 5.32 Å². The van der Waals surface area contributed by atoms with Gasteiger partial charge in [0.25, 0.3) is 0 Å². The second kappa shape index (κ2) is 4.39. The predicted molar refractivity (Wildman–Crippen MR) is 60.2 cm³/mol. The average Bonchev–Trinajstić information content (AvgIpc) is 2.81. The van der Waals surface area contributed by atoms with Crippen LogP contribution >= 0.6 is 0 Å². The molecular formula is C10H20N2O2S. The number of hydrogen-bond acceptors (Lipinski definition) is 3. The third kappa shape index (κ3) is 2.71. The van der Waals surface area contributed by atoms with Gasteiger partial charge >= 0.3 is 0 Å². The van der Waals surface area contributed by atoms with E-state index in [0.29, 0.717) is 18.2 Å². The van der Waals surface area contributed by atoms with E-state index >= 15 is 0 Å². The molecule has 1 aliphatic heterocycles. The number of nitrogens with one attached hydrogen (secondary N) is 1. The summed E-state index contributed by atoms with van der Waals surface area (Å²) in [6.07, 6.45) is 3.15. The van der Waals surface area contributed by atoms with Crippen LogP contribution in [0.25, 0.3) is 0 Å². The van der Waals surface area contributed by atoms with E-state index in [1.165, 1.54) is 0 Å². The molecule has 1 N–H and O–H groups in total. The lowest BCUT2D eigenvalue weighted by atomic mass is 10.3. The highest BCUT2D eigenvalue weighted by molar-refractivity contribution is 7.89. The van der Waals surface area contributed by atoms with Gasteiger partial charge in [-0.15, -0.1) is 0 Å². The molecule has 2 fully saturated rings. The summed E-state index contributed by atoms with van der Waals surface area (Å²) in [6, 6.07) is 0.193. The van der Waals surface area contributed by atoms with E-state index < -0.39 is 10.0 Å². The van der Waals surface area contributed by atoms with Crippen molar-refractivity contribution >= 4 is 10.0 Å². The Balaban J connectivity index is 2.02. The van der Waals surface area contributed by atoms with E-state index in [4.69, 9.17) is 0 Å². The summed E-state index contributed by atoms with van der Waals surface area (Å²) < 4.78 is 25.9. The maximum Gasteiger partial charge on any atom is 0.214 e. The zero-order valence-corrected chi connectivity index (χ0v) is 10.1. The van der Waals surface area contributed by atoms with E-state index in [1.807, 2.05) is 6.92 Å². The zero-order chi connectivity index (χ0) is 10.9. The molecule has 0 radical (unpaired) electrons. The summed E-state index contributed by atoms with van der Waals surface area (Å²) in [5.41, 5.74) is 0. The van der Waals surface area contributed by atoms with E-state index in [9.17, 15) is 8.42 Å². The molecule has 2 rings (SSSR count). The van der Waals surface area contributed by atoms with Crippen LogP contribution < -0.4 is 5.32 Å². The molecule has 15 heavy (non-hydrogen) atoms. The Labute approximate surface area is 92.1 Å². The molecule has 2 aliphatic rings. The van der Waals surface area contributed by atoms with Crippen LogP contribution in [-0.2, 0) is 10.0 Å². The van der Waals surface area contributed by atoms with E-state index in [0.717, 1.165) is 32.4 Å². The summed E-state index contributed by atoms with van der Waals surface area (Å²) in [7, 11) is -3.00. The molecule has 5 heteroatoms. The molecule has 0 aromatic heterocycles. The highest BCUT2D eigenvalue weighted by Crippen LogP contribution is 2.31. The second-order valence-corrected chi connectivity index (χ2v) is 6.54. The minimum Gasteiger partial charge on any atom is -0.315 e. The molecule has 0 aromatic rings. The quantitative estimate of drug-likeness (QED) is 0.747. The molecule has 4 nitrogen and oxygen atoms in total. The van der Waals surface area contributed by atoms with Crippen molar-refractivity contribution in [2.24, 2.45) is 5.92 Å². The van der Waals surface area contributed by atoms with Crippen molar-refractivity contribution < 1.29 is 8.42 Å². The number of hydrogen-bond donors (Lipinski definition) is 1. The van der Waals surface area contributed by atoms with Crippen molar-refractivity contribution in [2.45, 2.75) is 32.2 Å². The maximum atomic E-state index is 12.1. The maximum absolute atomic E-state index is 12.1. The molecule has 1 heterocycles. The fraction of sp³-hybridized carbons (Fsp3) is 1.00. The van der Waals surface area contributed by atoms with Crippen molar-refractivity contribution in [1.29, 1.82) is 0 Å². The average molecular weight is 232 g/mol. The minimum atomic E-state index is -3.00. The molecule has 1 unspecified atom stereocenters. The summed E-state index contributed by atoms with van der Waals surface area (Å²) >= 11 is 0. The Hall–Kier alpha value is -0.130. The van der Waals surface area contributed by atoms with Gasteiger partial charge in [-0.1, -0.05) is 6.92 Å². The topological polar surface area (TPSA) is 49.4 Å². The first-order chi connectivity index (χ1) is 7.13. The first-order valence-corrected chi connectivity index (χ1v) is 7.44. The summed E-state index contributed by atoms with van der Waals surface area (Å²) in [6.45, 7) is 4.31. The molecule has 0 amide bonds. The van der Waals surface area contributed by atoms with Gasteiger partial charge in [0.1, 0.15) is 0 Å². The van der Waals surface area contributed by atoms with Gasteiger partial charge in [0, 0.05) is 19.1 Å². The van der Waals surface area contributed by atoms with Gasteiger partial charge in [0.2, 0.25) is 10.0 Å². The molecular weight excluding hydrogens is 212 g/mol. The first kappa shape index (κ1) is 11.4. The molecule has 0 bridgehead atoms. The van der Waals surface area contributed by atoms with Crippen molar-refractivity contribution in [3.8, 4) is 0 Å². The van der Waals surface area contributed by atoms with Crippen LogP contribution in [0.4, 0.5) is 0 Å². The Morgan fingerprint density at radius 3 is 2.53 bits per heavy atom. The predicted octanol–water partition coefficient (Wildman–Crippen LogP) is 0.410. The fourth-order valence-corrected chi connectivity index (χ4v) is 4.39. The van der Waals surface area contributed by atoms with Gasteiger partial charge in [0.15, 0.2) is 0 Å². The van der Waals surface area contributed by atoms with Gasteiger partial charge in [-0.05, 0) is 31.7 Å². The standard InChI is InChI=1S/C10H20N2O2S/c1-2-12(10-5-6-11-7-10)15(13,14)8-9-3-4-9/h9-11H,2-8H2,1H3. The Kier molecular flexibility index (Phi) is 3.33. The van der Waals surface area contributed by atoms with Crippen LogP contribution in [-0.4, -0.2) is 44.2 Å². The molecule has 1 atom stereocenters. The third-order valence-corrected chi connectivity index (χ3v) is 5.42. The van der Waals surface area contributed by atoms with Crippen LogP contribution in [0, 0.1) is 5.92 Å². The summed E-state index contributed by atoms with van der Waals surface area (Å²) in [5.74, 6) is 0.815. The molecule has 1 saturated carbocycles. The van der Waals surface area contributed by atoms with E-state index in [1.54, 1.807) is 4.31 Å². The molecule has 1 saturated heterocycles. The molecule has 0 spiro atoms. The third-order valence-electron chi connectivity index (χ3n) is 3.25. The SMILES string of the molecule is CCN(C1CCNC1)S(=O)(=O)CC1CC1. The first-order valence-electron chi connectivity index (χ1n) is 5.83. The van der Waals surface area contributed by atoms with Crippen LogP contribution in [0.3, 0.4) is 0 Å². The van der Waals surface area contributed by atoms with Crippen molar-refractivity contribution in [3.05, 3.63) is 0 Å². The number of likely N-dealkylation sites (N-methyl/N-ethyl adjacent to an activating group) is 1.